The summed E-state index contributed by atoms with van der Waals surface area (Å²) in [4.78, 5) is 0. The van der Waals surface area contributed by atoms with Crippen molar-refractivity contribution in [1.82, 2.24) is 9.78 Å². The normalized spacial score (nSPS) is 14.1. The van der Waals surface area contributed by atoms with E-state index in [4.69, 9.17) is 5.10 Å². The Labute approximate surface area is 102 Å². The van der Waals surface area contributed by atoms with E-state index in [1.165, 1.54) is 34.6 Å². The minimum absolute atomic E-state index is 1.11. The number of aromatic nitrogens is 3. The summed E-state index contributed by atoms with van der Waals surface area (Å²) in [5.41, 5.74) is 5.14. The van der Waals surface area contributed by atoms with Gasteiger partial charge in [0, 0.05) is 11.5 Å². The lowest BCUT2D eigenvalue weighted by atomic mass is 10.1. The molecule has 1 aliphatic heterocycles. The van der Waals surface area contributed by atoms with Crippen LogP contribution in [0.1, 0.15) is 28.9 Å². The molecule has 3 heteroatoms. The highest BCUT2D eigenvalue weighted by Crippen LogP contribution is 2.20. The molecule has 1 aromatic carbocycles. The Balaban J connectivity index is 2.15. The van der Waals surface area contributed by atoms with E-state index < -0.39 is 0 Å². The Hall–Kier alpha value is -1.64. The zero-order valence-electron chi connectivity index (χ0n) is 10.7. The summed E-state index contributed by atoms with van der Waals surface area (Å²) >= 11 is 0. The Morgan fingerprint density at radius 1 is 1.18 bits per heavy atom. The Kier molecular flexibility index (Phi) is 2.28. The second kappa shape index (κ2) is 3.69. The first kappa shape index (κ1) is 10.5. The van der Waals surface area contributed by atoms with Crippen LogP contribution in [0.25, 0.3) is 5.69 Å². The van der Waals surface area contributed by atoms with Gasteiger partial charge < -0.3 is 0 Å². The smallest absolute Gasteiger partial charge is 0.234 e. The second-order valence-electron chi connectivity index (χ2n) is 5.02. The zero-order valence-corrected chi connectivity index (χ0v) is 10.7. The number of nitrogens with zero attached hydrogens (tertiary/aromatic N) is 3. The first-order chi connectivity index (χ1) is 8.15. The molecule has 0 atom stereocenters. The SMILES string of the molecule is Cc1cc(C)c(-n2c[n+]3c(n2)CCC3)c(C)c1. The minimum Gasteiger partial charge on any atom is -0.234 e. The van der Waals surface area contributed by atoms with Crippen molar-refractivity contribution in [3.05, 3.63) is 41.0 Å². The highest BCUT2D eigenvalue weighted by atomic mass is 15.4. The molecule has 3 rings (SSSR count). The fourth-order valence-electron chi connectivity index (χ4n) is 2.84. The average molecular weight is 228 g/mol. The average Bonchev–Trinajstić information content (AvgIpc) is 2.75. The van der Waals surface area contributed by atoms with Gasteiger partial charge in [0.25, 0.3) is 5.82 Å². The van der Waals surface area contributed by atoms with Gasteiger partial charge in [-0.3, -0.25) is 0 Å². The maximum absolute atomic E-state index is 4.69. The van der Waals surface area contributed by atoms with Crippen molar-refractivity contribution in [2.45, 2.75) is 40.2 Å². The van der Waals surface area contributed by atoms with Crippen molar-refractivity contribution in [3.63, 3.8) is 0 Å². The van der Waals surface area contributed by atoms with E-state index >= 15 is 0 Å². The maximum Gasteiger partial charge on any atom is 0.278 e. The molecule has 0 N–H and O–H groups in total. The van der Waals surface area contributed by atoms with Crippen LogP contribution in [0.3, 0.4) is 0 Å². The highest BCUT2D eigenvalue weighted by molar-refractivity contribution is 5.48. The molecule has 0 saturated heterocycles. The van der Waals surface area contributed by atoms with Crippen LogP contribution >= 0.6 is 0 Å². The number of benzene rings is 1. The van der Waals surface area contributed by atoms with Crippen molar-refractivity contribution in [1.29, 1.82) is 0 Å². The molecule has 0 saturated carbocycles. The predicted octanol–water partition coefficient (Wildman–Crippen LogP) is 2.03. The molecule has 2 aromatic rings. The summed E-state index contributed by atoms with van der Waals surface area (Å²) in [6, 6.07) is 4.44. The van der Waals surface area contributed by atoms with Crippen LogP contribution in [0.5, 0.6) is 0 Å². The quantitative estimate of drug-likeness (QED) is 0.684. The third kappa shape index (κ3) is 1.66. The Morgan fingerprint density at radius 2 is 1.88 bits per heavy atom. The number of fused-ring (bicyclic) bond motifs is 1. The first-order valence-corrected chi connectivity index (χ1v) is 6.21. The lowest BCUT2D eigenvalue weighted by Gasteiger charge is -2.05. The molecular weight excluding hydrogens is 210 g/mol. The van der Waals surface area contributed by atoms with Gasteiger partial charge in [0.15, 0.2) is 0 Å². The van der Waals surface area contributed by atoms with E-state index in [1.54, 1.807) is 0 Å². The standard InChI is InChI=1S/C14H18N3/c1-10-7-11(2)14(12(3)8-10)17-9-16-6-4-5-13(16)15-17/h7-9H,4-6H2,1-3H3/q+1. The van der Waals surface area contributed by atoms with Crippen LogP contribution < -0.4 is 4.57 Å². The molecule has 3 nitrogen and oxygen atoms in total. The predicted molar refractivity (Wildman–Crippen MR) is 66.3 cm³/mol. The van der Waals surface area contributed by atoms with Crippen molar-refractivity contribution < 1.29 is 4.57 Å². The summed E-state index contributed by atoms with van der Waals surface area (Å²) in [7, 11) is 0. The van der Waals surface area contributed by atoms with Crippen LogP contribution in [0, 0.1) is 20.8 Å². The number of aryl methyl sites for hydroxylation is 5. The molecule has 0 bridgehead atoms. The highest BCUT2D eigenvalue weighted by Gasteiger charge is 2.24. The molecule has 1 aromatic heterocycles. The Bertz CT molecular complexity index is 537. The summed E-state index contributed by atoms with van der Waals surface area (Å²) in [5, 5.41) is 4.69. The Morgan fingerprint density at radius 3 is 2.53 bits per heavy atom. The van der Waals surface area contributed by atoms with E-state index in [1.807, 2.05) is 4.68 Å². The van der Waals surface area contributed by atoms with Crippen molar-refractivity contribution >= 4 is 0 Å². The van der Waals surface area contributed by atoms with E-state index in [0.717, 1.165) is 13.0 Å². The van der Waals surface area contributed by atoms with Crippen molar-refractivity contribution in [3.8, 4) is 5.69 Å². The number of hydrogen-bond donors (Lipinski definition) is 0. The molecule has 0 aliphatic carbocycles. The molecule has 88 valence electrons. The largest absolute Gasteiger partial charge is 0.278 e. The molecule has 2 heterocycles. The van der Waals surface area contributed by atoms with Gasteiger partial charge in [-0.25, -0.2) is 4.57 Å². The van der Waals surface area contributed by atoms with Crippen LogP contribution in [-0.4, -0.2) is 9.78 Å². The summed E-state index contributed by atoms with van der Waals surface area (Å²) in [6.07, 6.45) is 4.47. The first-order valence-electron chi connectivity index (χ1n) is 6.21. The van der Waals surface area contributed by atoms with Gasteiger partial charge in [-0.1, -0.05) is 22.4 Å². The van der Waals surface area contributed by atoms with Gasteiger partial charge in [0.1, 0.15) is 5.69 Å². The van der Waals surface area contributed by atoms with Crippen LogP contribution in [0.4, 0.5) is 0 Å². The molecule has 0 fully saturated rings. The van der Waals surface area contributed by atoms with E-state index in [0.29, 0.717) is 0 Å². The van der Waals surface area contributed by atoms with Crippen LogP contribution in [0.15, 0.2) is 18.5 Å². The fraction of sp³-hybridized carbons (Fsp3) is 0.429. The van der Waals surface area contributed by atoms with Crippen molar-refractivity contribution in [2.24, 2.45) is 0 Å². The molecule has 0 amide bonds. The van der Waals surface area contributed by atoms with Gasteiger partial charge in [0.2, 0.25) is 6.33 Å². The summed E-state index contributed by atoms with van der Waals surface area (Å²) < 4.78 is 4.30. The molecule has 0 radical (unpaired) electrons. The second-order valence-corrected chi connectivity index (χ2v) is 5.02. The van der Waals surface area contributed by atoms with Crippen molar-refractivity contribution in [2.75, 3.05) is 0 Å². The van der Waals surface area contributed by atoms with Gasteiger partial charge in [-0.15, -0.1) is 0 Å². The molecule has 17 heavy (non-hydrogen) atoms. The molecule has 1 aliphatic rings. The topological polar surface area (TPSA) is 21.7 Å². The third-order valence-electron chi connectivity index (χ3n) is 3.47. The van der Waals surface area contributed by atoms with E-state index in [2.05, 4.69) is 43.8 Å². The number of hydrogen-bond acceptors (Lipinski definition) is 1. The molecule has 0 spiro atoms. The van der Waals surface area contributed by atoms with E-state index in [-0.39, 0.29) is 0 Å². The summed E-state index contributed by atoms with van der Waals surface area (Å²) in [5.74, 6) is 1.21. The lowest BCUT2D eigenvalue weighted by molar-refractivity contribution is -0.691. The monoisotopic (exact) mass is 228 g/mol. The molecule has 0 unspecified atom stereocenters. The van der Waals surface area contributed by atoms with E-state index in [9.17, 15) is 0 Å². The van der Waals surface area contributed by atoms with Crippen LogP contribution in [0.2, 0.25) is 0 Å². The maximum atomic E-state index is 4.69. The lowest BCUT2D eigenvalue weighted by Crippen LogP contribution is -2.29. The van der Waals surface area contributed by atoms with Gasteiger partial charge >= 0.3 is 0 Å². The van der Waals surface area contributed by atoms with Gasteiger partial charge in [-0.2, -0.15) is 0 Å². The fourth-order valence-corrected chi connectivity index (χ4v) is 2.84. The number of rotatable bonds is 1. The zero-order chi connectivity index (χ0) is 12.0. The van der Waals surface area contributed by atoms with Crippen LogP contribution in [-0.2, 0) is 13.0 Å². The van der Waals surface area contributed by atoms with Gasteiger partial charge in [0.05, 0.1) is 6.54 Å². The van der Waals surface area contributed by atoms with Gasteiger partial charge in [-0.05, 0) is 38.3 Å². The molecular formula is C14H18N3+. The summed E-state index contributed by atoms with van der Waals surface area (Å²) in [6.45, 7) is 7.57. The minimum atomic E-state index is 1.11. The third-order valence-corrected chi connectivity index (χ3v) is 3.47.